The van der Waals surface area contributed by atoms with E-state index in [1.54, 1.807) is 7.11 Å². The number of rotatable bonds is 6. The number of aliphatic hydroxyl groups excluding tert-OH is 2. The third-order valence-electron chi connectivity index (χ3n) is 2.66. The Labute approximate surface area is 96.1 Å². The average Bonchev–Trinajstić information content (AvgIpc) is 2.31. The van der Waals surface area contributed by atoms with Crippen molar-refractivity contribution in [2.24, 2.45) is 0 Å². The number of aliphatic hydroxyl groups is 2. The molecule has 2 N–H and O–H groups in total. The maximum atomic E-state index is 9.07. The molecule has 0 aliphatic rings. The van der Waals surface area contributed by atoms with Crippen molar-refractivity contribution in [3.05, 3.63) is 29.8 Å². The lowest BCUT2D eigenvalue weighted by atomic mass is 10.1. The first-order chi connectivity index (χ1) is 7.72. The van der Waals surface area contributed by atoms with Gasteiger partial charge in [-0.2, -0.15) is 0 Å². The van der Waals surface area contributed by atoms with Gasteiger partial charge in [0.15, 0.2) is 0 Å². The van der Waals surface area contributed by atoms with Crippen LogP contribution in [-0.2, 0) is 6.54 Å². The molecule has 4 nitrogen and oxygen atoms in total. The Bertz CT molecular complexity index is 313. The van der Waals surface area contributed by atoms with E-state index in [0.29, 0.717) is 6.54 Å². The summed E-state index contributed by atoms with van der Waals surface area (Å²) in [6, 6.07) is 7.50. The first kappa shape index (κ1) is 13.0. The van der Waals surface area contributed by atoms with E-state index < -0.39 is 0 Å². The van der Waals surface area contributed by atoms with E-state index in [4.69, 9.17) is 14.9 Å². The fourth-order valence-corrected chi connectivity index (χ4v) is 1.57. The monoisotopic (exact) mass is 225 g/mol. The Kier molecular flexibility index (Phi) is 5.25. The summed E-state index contributed by atoms with van der Waals surface area (Å²) >= 11 is 0. The third kappa shape index (κ3) is 3.20. The normalized spacial score (nSPS) is 11.1. The second-order valence-corrected chi connectivity index (χ2v) is 3.75. The molecule has 0 fully saturated rings. The van der Waals surface area contributed by atoms with Gasteiger partial charge >= 0.3 is 0 Å². The van der Waals surface area contributed by atoms with Gasteiger partial charge in [0.2, 0.25) is 0 Å². The van der Waals surface area contributed by atoms with E-state index in [1.807, 2.05) is 36.2 Å². The molecular weight excluding hydrogens is 206 g/mol. The topological polar surface area (TPSA) is 52.9 Å². The first-order valence-corrected chi connectivity index (χ1v) is 5.26. The van der Waals surface area contributed by atoms with Gasteiger partial charge in [-0.25, -0.2) is 0 Å². The molecular formula is C12H19NO3. The summed E-state index contributed by atoms with van der Waals surface area (Å²) < 4.78 is 5.24. The average molecular weight is 225 g/mol. The zero-order valence-corrected chi connectivity index (χ0v) is 9.76. The van der Waals surface area contributed by atoms with E-state index >= 15 is 0 Å². The SMILES string of the molecule is COc1ccccc1CN(C)C(CO)CO. The highest BCUT2D eigenvalue weighted by Gasteiger charge is 2.14. The van der Waals surface area contributed by atoms with Crippen LogP contribution in [0.1, 0.15) is 5.56 Å². The van der Waals surface area contributed by atoms with E-state index in [1.165, 1.54) is 0 Å². The van der Waals surface area contributed by atoms with Crippen molar-refractivity contribution in [2.45, 2.75) is 12.6 Å². The lowest BCUT2D eigenvalue weighted by molar-refractivity contribution is 0.0868. The lowest BCUT2D eigenvalue weighted by Gasteiger charge is -2.25. The molecule has 0 unspecified atom stereocenters. The molecule has 4 heteroatoms. The minimum Gasteiger partial charge on any atom is -0.496 e. The van der Waals surface area contributed by atoms with Gasteiger partial charge in [0.25, 0.3) is 0 Å². The Morgan fingerprint density at radius 1 is 1.25 bits per heavy atom. The predicted molar refractivity (Wildman–Crippen MR) is 62.4 cm³/mol. The van der Waals surface area contributed by atoms with Crippen molar-refractivity contribution in [2.75, 3.05) is 27.4 Å². The van der Waals surface area contributed by atoms with Gasteiger partial charge in [-0.15, -0.1) is 0 Å². The largest absolute Gasteiger partial charge is 0.496 e. The molecule has 1 aromatic carbocycles. The third-order valence-corrected chi connectivity index (χ3v) is 2.66. The van der Waals surface area contributed by atoms with E-state index in [0.717, 1.165) is 11.3 Å². The van der Waals surface area contributed by atoms with Crippen molar-refractivity contribution in [1.29, 1.82) is 0 Å². The van der Waals surface area contributed by atoms with Gasteiger partial charge in [0, 0.05) is 12.1 Å². The highest BCUT2D eigenvalue weighted by atomic mass is 16.5. The summed E-state index contributed by atoms with van der Waals surface area (Å²) in [6.07, 6.45) is 0. The molecule has 0 heterocycles. The Morgan fingerprint density at radius 2 is 1.88 bits per heavy atom. The number of nitrogens with zero attached hydrogens (tertiary/aromatic N) is 1. The van der Waals surface area contributed by atoms with Crippen LogP contribution in [0.2, 0.25) is 0 Å². The van der Waals surface area contributed by atoms with Gasteiger partial charge < -0.3 is 14.9 Å². The number of para-hydroxylation sites is 1. The molecule has 0 spiro atoms. The Balaban J connectivity index is 2.71. The minimum atomic E-state index is -0.232. The lowest BCUT2D eigenvalue weighted by Crippen LogP contribution is -2.37. The van der Waals surface area contributed by atoms with Crippen LogP contribution in [0.15, 0.2) is 24.3 Å². The molecule has 0 bridgehead atoms. The van der Waals surface area contributed by atoms with Gasteiger partial charge in [-0.1, -0.05) is 18.2 Å². The van der Waals surface area contributed by atoms with Crippen molar-refractivity contribution in [3.8, 4) is 5.75 Å². The van der Waals surface area contributed by atoms with Crippen molar-refractivity contribution >= 4 is 0 Å². The molecule has 0 aliphatic heterocycles. The molecule has 1 aromatic rings. The number of hydrogen-bond donors (Lipinski definition) is 2. The minimum absolute atomic E-state index is 0.0534. The molecule has 0 radical (unpaired) electrons. The van der Waals surface area contributed by atoms with Crippen LogP contribution in [0.5, 0.6) is 5.75 Å². The number of methoxy groups -OCH3 is 1. The maximum Gasteiger partial charge on any atom is 0.123 e. The molecule has 0 amide bonds. The zero-order valence-electron chi connectivity index (χ0n) is 9.76. The maximum absolute atomic E-state index is 9.07. The summed E-state index contributed by atoms with van der Waals surface area (Å²) in [7, 11) is 3.50. The smallest absolute Gasteiger partial charge is 0.123 e. The molecule has 0 atom stereocenters. The van der Waals surface area contributed by atoms with Crippen LogP contribution in [0.4, 0.5) is 0 Å². The van der Waals surface area contributed by atoms with Crippen LogP contribution in [0.3, 0.4) is 0 Å². The van der Waals surface area contributed by atoms with Crippen molar-refractivity contribution in [3.63, 3.8) is 0 Å². The van der Waals surface area contributed by atoms with Crippen molar-refractivity contribution in [1.82, 2.24) is 4.90 Å². The molecule has 0 aliphatic carbocycles. The van der Waals surface area contributed by atoms with Gasteiger partial charge in [-0.3, -0.25) is 4.90 Å². The number of benzene rings is 1. The fraction of sp³-hybridized carbons (Fsp3) is 0.500. The van der Waals surface area contributed by atoms with E-state index in [9.17, 15) is 0 Å². The quantitative estimate of drug-likeness (QED) is 0.739. The van der Waals surface area contributed by atoms with Crippen LogP contribution in [0, 0.1) is 0 Å². The van der Waals surface area contributed by atoms with Gasteiger partial charge in [0.05, 0.1) is 26.4 Å². The van der Waals surface area contributed by atoms with Gasteiger partial charge in [-0.05, 0) is 13.1 Å². The second kappa shape index (κ2) is 6.48. The number of likely N-dealkylation sites (N-methyl/N-ethyl adjacent to an activating group) is 1. The summed E-state index contributed by atoms with van der Waals surface area (Å²) in [5.41, 5.74) is 1.04. The molecule has 16 heavy (non-hydrogen) atoms. The van der Waals surface area contributed by atoms with Crippen LogP contribution >= 0.6 is 0 Å². The molecule has 0 saturated heterocycles. The Hall–Kier alpha value is -1.10. The highest BCUT2D eigenvalue weighted by Crippen LogP contribution is 2.19. The zero-order chi connectivity index (χ0) is 12.0. The standard InChI is InChI=1S/C12H19NO3/c1-13(11(8-14)9-15)7-10-5-3-4-6-12(10)16-2/h3-6,11,14-15H,7-9H2,1-2H3. The molecule has 0 aromatic heterocycles. The van der Waals surface area contributed by atoms with E-state index in [-0.39, 0.29) is 19.3 Å². The summed E-state index contributed by atoms with van der Waals surface area (Å²) in [5.74, 6) is 0.823. The predicted octanol–water partition coefficient (Wildman–Crippen LogP) is 0.480. The fourth-order valence-electron chi connectivity index (χ4n) is 1.57. The van der Waals surface area contributed by atoms with Crippen LogP contribution < -0.4 is 4.74 Å². The number of hydrogen-bond acceptors (Lipinski definition) is 4. The van der Waals surface area contributed by atoms with Gasteiger partial charge in [0.1, 0.15) is 5.75 Å². The van der Waals surface area contributed by atoms with E-state index in [2.05, 4.69) is 0 Å². The molecule has 1 rings (SSSR count). The van der Waals surface area contributed by atoms with Crippen molar-refractivity contribution < 1.29 is 14.9 Å². The molecule has 0 saturated carbocycles. The summed E-state index contributed by atoms with van der Waals surface area (Å²) in [5, 5.41) is 18.1. The summed E-state index contributed by atoms with van der Waals surface area (Å²) in [4.78, 5) is 1.90. The summed E-state index contributed by atoms with van der Waals surface area (Å²) in [6.45, 7) is 0.528. The number of ether oxygens (including phenoxy) is 1. The van der Waals surface area contributed by atoms with Crippen LogP contribution in [-0.4, -0.2) is 48.5 Å². The second-order valence-electron chi connectivity index (χ2n) is 3.75. The highest BCUT2D eigenvalue weighted by molar-refractivity contribution is 5.33. The Morgan fingerprint density at radius 3 is 2.44 bits per heavy atom. The first-order valence-electron chi connectivity index (χ1n) is 5.26. The van der Waals surface area contributed by atoms with Crippen LogP contribution in [0.25, 0.3) is 0 Å². The molecule has 90 valence electrons.